The van der Waals surface area contributed by atoms with E-state index in [1.54, 1.807) is 12.1 Å². The van der Waals surface area contributed by atoms with Crippen LogP contribution in [0, 0.1) is 5.92 Å². The van der Waals surface area contributed by atoms with Crippen molar-refractivity contribution in [2.45, 2.75) is 44.8 Å². The van der Waals surface area contributed by atoms with Gasteiger partial charge in [-0.1, -0.05) is 30.3 Å². The Hall–Kier alpha value is -2.62. The summed E-state index contributed by atoms with van der Waals surface area (Å²) in [7, 11) is 0. The van der Waals surface area contributed by atoms with Crippen LogP contribution in [0.4, 0.5) is 0 Å². The van der Waals surface area contributed by atoms with Crippen LogP contribution in [0.3, 0.4) is 0 Å². The quantitative estimate of drug-likeness (QED) is 0.541. The van der Waals surface area contributed by atoms with E-state index in [0.717, 1.165) is 43.3 Å². The van der Waals surface area contributed by atoms with Crippen LogP contribution in [0.25, 0.3) is 0 Å². The molecule has 0 aliphatic heterocycles. The maximum absolute atomic E-state index is 12.0. The van der Waals surface area contributed by atoms with Crippen molar-refractivity contribution >= 4 is 12.3 Å². The highest BCUT2D eigenvalue weighted by Gasteiger charge is 2.24. The lowest BCUT2D eigenvalue weighted by Crippen LogP contribution is -2.25. The highest BCUT2D eigenvalue weighted by atomic mass is 16.5. The van der Waals surface area contributed by atoms with E-state index in [-0.39, 0.29) is 12.1 Å². The highest BCUT2D eigenvalue weighted by Crippen LogP contribution is 2.30. The van der Waals surface area contributed by atoms with E-state index in [9.17, 15) is 9.59 Å². The summed E-state index contributed by atoms with van der Waals surface area (Å²) in [6.45, 7) is 0.342. The molecule has 0 unspecified atom stereocenters. The standard InChI is InChI=1S/C22H24O4/c23-15-18-8-12-21(13-9-18)26-20-10-6-17(7-11-20)14-22(24)25-16-19-4-2-1-3-5-19/h1-5,8-9,12-13,15,17,20H,6-7,10-11,14,16H2. The van der Waals surface area contributed by atoms with Crippen molar-refractivity contribution < 1.29 is 19.1 Å². The van der Waals surface area contributed by atoms with Crippen LogP contribution in [0.2, 0.25) is 0 Å². The van der Waals surface area contributed by atoms with Crippen LogP contribution in [-0.2, 0) is 16.1 Å². The van der Waals surface area contributed by atoms with Gasteiger partial charge in [-0.15, -0.1) is 0 Å². The summed E-state index contributed by atoms with van der Waals surface area (Å²) < 4.78 is 11.4. The Labute approximate surface area is 154 Å². The van der Waals surface area contributed by atoms with E-state index >= 15 is 0 Å². The minimum absolute atomic E-state index is 0.123. The minimum Gasteiger partial charge on any atom is -0.490 e. The molecule has 0 heterocycles. The number of hydrogen-bond acceptors (Lipinski definition) is 4. The van der Waals surface area contributed by atoms with Crippen molar-refractivity contribution in [2.24, 2.45) is 5.92 Å². The van der Waals surface area contributed by atoms with Gasteiger partial charge in [-0.25, -0.2) is 0 Å². The maximum Gasteiger partial charge on any atom is 0.306 e. The first-order valence-corrected chi connectivity index (χ1v) is 9.14. The van der Waals surface area contributed by atoms with Gasteiger partial charge in [0.2, 0.25) is 0 Å². The smallest absolute Gasteiger partial charge is 0.306 e. The molecule has 0 spiro atoms. The Morgan fingerprint density at radius 2 is 1.65 bits per heavy atom. The normalized spacial score (nSPS) is 19.5. The van der Waals surface area contributed by atoms with Crippen LogP contribution >= 0.6 is 0 Å². The third kappa shape index (κ3) is 5.45. The lowest BCUT2D eigenvalue weighted by Gasteiger charge is -2.28. The largest absolute Gasteiger partial charge is 0.490 e. The molecular weight excluding hydrogens is 328 g/mol. The first-order chi connectivity index (χ1) is 12.7. The number of esters is 1. The van der Waals surface area contributed by atoms with Crippen LogP contribution in [0.15, 0.2) is 54.6 Å². The van der Waals surface area contributed by atoms with Gasteiger partial charge < -0.3 is 9.47 Å². The van der Waals surface area contributed by atoms with Gasteiger partial charge in [0.05, 0.1) is 6.10 Å². The number of hydrogen-bond donors (Lipinski definition) is 0. The zero-order valence-electron chi connectivity index (χ0n) is 14.8. The van der Waals surface area contributed by atoms with Gasteiger partial charge >= 0.3 is 5.97 Å². The van der Waals surface area contributed by atoms with E-state index in [1.165, 1.54) is 0 Å². The molecule has 2 aromatic carbocycles. The van der Waals surface area contributed by atoms with Gasteiger partial charge in [0.1, 0.15) is 18.6 Å². The molecule has 0 aromatic heterocycles. The van der Waals surface area contributed by atoms with Crippen molar-refractivity contribution in [1.82, 2.24) is 0 Å². The molecule has 0 saturated heterocycles. The monoisotopic (exact) mass is 352 g/mol. The fraction of sp³-hybridized carbons (Fsp3) is 0.364. The molecule has 0 amide bonds. The number of benzene rings is 2. The van der Waals surface area contributed by atoms with E-state index in [4.69, 9.17) is 9.47 Å². The van der Waals surface area contributed by atoms with Crippen molar-refractivity contribution in [2.75, 3.05) is 0 Å². The molecule has 1 aliphatic rings. The topological polar surface area (TPSA) is 52.6 Å². The van der Waals surface area contributed by atoms with Gasteiger partial charge in [-0.3, -0.25) is 9.59 Å². The summed E-state index contributed by atoms with van der Waals surface area (Å²) in [5, 5.41) is 0. The Kier molecular flexibility index (Phi) is 6.42. The van der Waals surface area contributed by atoms with Gasteiger partial charge in [0.25, 0.3) is 0 Å². The Bertz CT molecular complexity index is 701. The van der Waals surface area contributed by atoms with Gasteiger partial charge in [0.15, 0.2) is 0 Å². The third-order valence-corrected chi connectivity index (χ3v) is 4.81. The molecule has 3 rings (SSSR count). The van der Waals surface area contributed by atoms with Crippen molar-refractivity contribution in [3.63, 3.8) is 0 Å². The Balaban J connectivity index is 1.37. The first-order valence-electron chi connectivity index (χ1n) is 9.14. The summed E-state index contributed by atoms with van der Waals surface area (Å²) in [6, 6.07) is 16.9. The fourth-order valence-corrected chi connectivity index (χ4v) is 3.30. The molecule has 1 saturated carbocycles. The van der Waals surface area contributed by atoms with Crippen LogP contribution in [0.5, 0.6) is 5.75 Å². The molecule has 2 aromatic rings. The SMILES string of the molecule is O=Cc1ccc(OC2CCC(CC(=O)OCc3ccccc3)CC2)cc1. The fourth-order valence-electron chi connectivity index (χ4n) is 3.30. The summed E-state index contributed by atoms with van der Waals surface area (Å²) >= 11 is 0. The lowest BCUT2D eigenvalue weighted by molar-refractivity contribution is -0.146. The molecule has 4 nitrogen and oxygen atoms in total. The second-order valence-corrected chi connectivity index (χ2v) is 6.80. The summed E-state index contributed by atoms with van der Waals surface area (Å²) in [5.74, 6) is 1.04. The van der Waals surface area contributed by atoms with E-state index in [2.05, 4.69) is 0 Å². The Morgan fingerprint density at radius 1 is 0.962 bits per heavy atom. The molecule has 1 fully saturated rings. The van der Waals surface area contributed by atoms with Crippen molar-refractivity contribution in [3.8, 4) is 5.75 Å². The van der Waals surface area contributed by atoms with Crippen molar-refractivity contribution in [1.29, 1.82) is 0 Å². The van der Waals surface area contributed by atoms with E-state index in [0.29, 0.717) is 24.5 Å². The highest BCUT2D eigenvalue weighted by molar-refractivity contribution is 5.74. The summed E-state index contributed by atoms with van der Waals surface area (Å²) in [4.78, 5) is 22.7. The third-order valence-electron chi connectivity index (χ3n) is 4.81. The number of rotatable bonds is 7. The Morgan fingerprint density at radius 3 is 2.31 bits per heavy atom. The summed E-state index contributed by atoms with van der Waals surface area (Å²) in [6.07, 6.45) is 5.29. The number of carbonyl (C=O) groups excluding carboxylic acids is 2. The molecule has 26 heavy (non-hydrogen) atoms. The van der Waals surface area contributed by atoms with Gasteiger partial charge in [0, 0.05) is 12.0 Å². The molecule has 0 radical (unpaired) electrons. The number of ether oxygens (including phenoxy) is 2. The summed E-state index contributed by atoms with van der Waals surface area (Å²) in [5.41, 5.74) is 1.66. The van der Waals surface area contributed by atoms with Gasteiger partial charge in [-0.05, 0) is 61.4 Å². The molecule has 0 atom stereocenters. The van der Waals surface area contributed by atoms with Crippen LogP contribution < -0.4 is 4.74 Å². The predicted molar refractivity (Wildman–Crippen MR) is 99.1 cm³/mol. The molecule has 4 heteroatoms. The van der Waals surface area contributed by atoms with Crippen molar-refractivity contribution in [3.05, 3.63) is 65.7 Å². The molecule has 0 bridgehead atoms. The number of aldehydes is 1. The van der Waals surface area contributed by atoms with Crippen LogP contribution in [-0.4, -0.2) is 18.4 Å². The second-order valence-electron chi connectivity index (χ2n) is 6.80. The zero-order valence-corrected chi connectivity index (χ0v) is 14.8. The molecule has 136 valence electrons. The van der Waals surface area contributed by atoms with E-state index in [1.807, 2.05) is 42.5 Å². The average molecular weight is 352 g/mol. The van der Waals surface area contributed by atoms with Gasteiger partial charge in [-0.2, -0.15) is 0 Å². The second kappa shape index (κ2) is 9.18. The van der Waals surface area contributed by atoms with Crippen LogP contribution in [0.1, 0.15) is 48.0 Å². The van der Waals surface area contributed by atoms with E-state index < -0.39 is 0 Å². The lowest BCUT2D eigenvalue weighted by atomic mass is 9.85. The molecule has 0 N–H and O–H groups in total. The zero-order chi connectivity index (χ0) is 18.2. The first kappa shape index (κ1) is 18.2. The average Bonchev–Trinajstić information content (AvgIpc) is 2.69. The number of carbonyl (C=O) groups is 2. The predicted octanol–water partition coefficient (Wildman–Crippen LogP) is 4.57. The maximum atomic E-state index is 12.0. The molecule has 1 aliphatic carbocycles. The molecular formula is C22H24O4. The minimum atomic E-state index is -0.123.